The molecule has 2 aromatic heterocycles. The summed E-state index contributed by atoms with van der Waals surface area (Å²) in [6.07, 6.45) is 0. The topological polar surface area (TPSA) is 63.1 Å². The molecule has 0 radical (unpaired) electrons. The molecule has 0 aliphatic heterocycles. The molecule has 0 saturated carbocycles. The molecule has 1 N–H and O–H groups in total. The van der Waals surface area contributed by atoms with Crippen LogP contribution in [0.15, 0.2) is 11.4 Å². The lowest BCUT2D eigenvalue weighted by atomic mass is 10.3. The quantitative estimate of drug-likeness (QED) is 0.916. The summed E-state index contributed by atoms with van der Waals surface area (Å²) in [5.74, 6) is -0.0550. The van der Waals surface area contributed by atoms with Crippen molar-refractivity contribution >= 4 is 22.4 Å². The van der Waals surface area contributed by atoms with Gasteiger partial charge in [0.05, 0.1) is 17.9 Å². The van der Waals surface area contributed by atoms with Crippen LogP contribution in [-0.2, 0) is 11.3 Å². The SMILES string of the molecule is Cc1cc(C)n([C@@H](C)C(=O)NCc2csc(N(C)C)n2)n1. The summed E-state index contributed by atoms with van der Waals surface area (Å²) in [5.41, 5.74) is 2.78. The van der Waals surface area contributed by atoms with Gasteiger partial charge in [-0.05, 0) is 26.8 Å². The Morgan fingerprint density at radius 3 is 2.71 bits per heavy atom. The highest BCUT2D eigenvalue weighted by atomic mass is 32.1. The van der Waals surface area contributed by atoms with Crippen LogP contribution >= 0.6 is 11.3 Å². The molecule has 1 atom stereocenters. The Morgan fingerprint density at radius 2 is 2.19 bits per heavy atom. The van der Waals surface area contributed by atoms with E-state index in [2.05, 4.69) is 15.4 Å². The Kier molecular flexibility index (Phi) is 4.62. The lowest BCUT2D eigenvalue weighted by Gasteiger charge is -2.14. The number of anilines is 1. The maximum Gasteiger partial charge on any atom is 0.244 e. The number of aromatic nitrogens is 3. The van der Waals surface area contributed by atoms with E-state index in [1.807, 2.05) is 51.2 Å². The van der Waals surface area contributed by atoms with Crippen LogP contribution in [0.5, 0.6) is 0 Å². The van der Waals surface area contributed by atoms with Crippen molar-refractivity contribution in [3.63, 3.8) is 0 Å². The Balaban J connectivity index is 1.96. The summed E-state index contributed by atoms with van der Waals surface area (Å²) in [4.78, 5) is 18.6. The molecule has 21 heavy (non-hydrogen) atoms. The van der Waals surface area contributed by atoms with Crippen molar-refractivity contribution in [2.45, 2.75) is 33.4 Å². The van der Waals surface area contributed by atoms with Gasteiger partial charge in [0.15, 0.2) is 5.13 Å². The highest BCUT2D eigenvalue weighted by Gasteiger charge is 2.17. The van der Waals surface area contributed by atoms with E-state index in [0.29, 0.717) is 6.54 Å². The number of amides is 1. The van der Waals surface area contributed by atoms with Crippen LogP contribution in [0.4, 0.5) is 5.13 Å². The molecule has 2 heterocycles. The van der Waals surface area contributed by atoms with Gasteiger partial charge in [0, 0.05) is 25.2 Å². The van der Waals surface area contributed by atoms with Crippen LogP contribution in [-0.4, -0.2) is 34.8 Å². The number of nitrogens with one attached hydrogen (secondary N) is 1. The van der Waals surface area contributed by atoms with E-state index < -0.39 is 0 Å². The van der Waals surface area contributed by atoms with E-state index in [1.54, 1.807) is 16.0 Å². The number of aryl methyl sites for hydroxylation is 2. The van der Waals surface area contributed by atoms with Crippen molar-refractivity contribution < 1.29 is 4.79 Å². The van der Waals surface area contributed by atoms with Gasteiger partial charge in [0.1, 0.15) is 6.04 Å². The van der Waals surface area contributed by atoms with E-state index in [4.69, 9.17) is 0 Å². The van der Waals surface area contributed by atoms with Crippen molar-refractivity contribution in [2.24, 2.45) is 0 Å². The fourth-order valence-electron chi connectivity index (χ4n) is 2.06. The minimum atomic E-state index is -0.328. The van der Waals surface area contributed by atoms with Crippen LogP contribution in [0.3, 0.4) is 0 Å². The molecule has 6 nitrogen and oxygen atoms in total. The first-order valence-electron chi connectivity index (χ1n) is 6.80. The number of nitrogens with zero attached hydrogens (tertiary/aromatic N) is 4. The molecule has 1 amide bonds. The fraction of sp³-hybridized carbons (Fsp3) is 0.500. The van der Waals surface area contributed by atoms with E-state index in [9.17, 15) is 4.79 Å². The largest absolute Gasteiger partial charge is 0.354 e. The summed E-state index contributed by atoms with van der Waals surface area (Å²) in [5, 5.41) is 10.2. The van der Waals surface area contributed by atoms with Crippen LogP contribution in [0.1, 0.15) is 30.0 Å². The van der Waals surface area contributed by atoms with Gasteiger partial charge in [-0.2, -0.15) is 5.10 Å². The zero-order valence-electron chi connectivity index (χ0n) is 13.0. The summed E-state index contributed by atoms with van der Waals surface area (Å²) in [7, 11) is 3.90. The standard InChI is InChI=1S/C14H21N5OS/c1-9-6-10(2)19(17-9)11(3)13(20)15-7-12-8-21-14(16-12)18(4)5/h6,8,11H,7H2,1-5H3,(H,15,20)/t11-/m0/s1. The molecule has 0 aliphatic rings. The predicted octanol–water partition coefficient (Wildman–Crippen LogP) is 1.90. The second-order valence-corrected chi connectivity index (χ2v) is 6.12. The molecule has 0 saturated heterocycles. The molecular formula is C14H21N5OS. The molecule has 2 aromatic rings. The number of carbonyl (C=O) groups is 1. The molecule has 2 rings (SSSR count). The molecule has 0 unspecified atom stereocenters. The van der Waals surface area contributed by atoms with Crippen LogP contribution in [0.2, 0.25) is 0 Å². The number of carbonyl (C=O) groups excluding carboxylic acids is 1. The van der Waals surface area contributed by atoms with Gasteiger partial charge in [-0.25, -0.2) is 4.98 Å². The number of hydrogen-bond donors (Lipinski definition) is 1. The summed E-state index contributed by atoms with van der Waals surface area (Å²) >= 11 is 1.57. The van der Waals surface area contributed by atoms with Gasteiger partial charge in [-0.1, -0.05) is 0 Å². The van der Waals surface area contributed by atoms with Crippen molar-refractivity contribution in [1.29, 1.82) is 0 Å². The van der Waals surface area contributed by atoms with E-state index in [1.165, 1.54) is 0 Å². The van der Waals surface area contributed by atoms with Crippen LogP contribution < -0.4 is 10.2 Å². The van der Waals surface area contributed by atoms with Crippen LogP contribution in [0, 0.1) is 13.8 Å². The number of hydrogen-bond acceptors (Lipinski definition) is 5. The fourth-order valence-corrected chi connectivity index (χ4v) is 2.82. The van der Waals surface area contributed by atoms with Gasteiger partial charge < -0.3 is 10.2 Å². The van der Waals surface area contributed by atoms with Gasteiger partial charge in [-0.15, -0.1) is 11.3 Å². The minimum Gasteiger partial charge on any atom is -0.354 e. The average Bonchev–Trinajstić information content (AvgIpc) is 3.01. The zero-order valence-corrected chi connectivity index (χ0v) is 13.9. The second-order valence-electron chi connectivity index (χ2n) is 5.28. The summed E-state index contributed by atoms with van der Waals surface area (Å²) in [6, 6.07) is 1.64. The van der Waals surface area contributed by atoms with Crippen LogP contribution in [0.25, 0.3) is 0 Å². The third-order valence-electron chi connectivity index (χ3n) is 3.16. The first kappa shape index (κ1) is 15.5. The lowest BCUT2D eigenvalue weighted by molar-refractivity contribution is -0.124. The highest BCUT2D eigenvalue weighted by molar-refractivity contribution is 7.13. The Morgan fingerprint density at radius 1 is 1.48 bits per heavy atom. The Bertz CT molecular complexity index is 631. The van der Waals surface area contributed by atoms with Crippen molar-refractivity contribution in [1.82, 2.24) is 20.1 Å². The Labute approximate surface area is 128 Å². The van der Waals surface area contributed by atoms with Crippen molar-refractivity contribution in [2.75, 3.05) is 19.0 Å². The van der Waals surface area contributed by atoms with E-state index in [0.717, 1.165) is 22.2 Å². The third kappa shape index (κ3) is 3.60. The maximum atomic E-state index is 12.2. The summed E-state index contributed by atoms with van der Waals surface area (Å²) in [6.45, 7) is 6.16. The average molecular weight is 307 g/mol. The molecule has 0 aromatic carbocycles. The molecular weight excluding hydrogens is 286 g/mol. The molecule has 0 spiro atoms. The molecule has 0 fully saturated rings. The van der Waals surface area contributed by atoms with E-state index in [-0.39, 0.29) is 11.9 Å². The predicted molar refractivity (Wildman–Crippen MR) is 84.7 cm³/mol. The smallest absolute Gasteiger partial charge is 0.244 e. The third-order valence-corrected chi connectivity index (χ3v) is 4.21. The van der Waals surface area contributed by atoms with Gasteiger partial charge in [0.25, 0.3) is 0 Å². The Hall–Kier alpha value is -1.89. The highest BCUT2D eigenvalue weighted by Crippen LogP contribution is 2.18. The molecule has 0 bridgehead atoms. The maximum absolute atomic E-state index is 12.2. The number of rotatable bonds is 5. The first-order chi connectivity index (χ1) is 9.88. The van der Waals surface area contributed by atoms with Crippen molar-refractivity contribution in [3.8, 4) is 0 Å². The monoisotopic (exact) mass is 307 g/mol. The molecule has 0 aliphatic carbocycles. The second kappa shape index (κ2) is 6.26. The van der Waals surface area contributed by atoms with Gasteiger partial charge in [0.2, 0.25) is 5.91 Å². The molecule has 7 heteroatoms. The molecule has 114 valence electrons. The first-order valence-corrected chi connectivity index (χ1v) is 7.68. The summed E-state index contributed by atoms with van der Waals surface area (Å²) < 4.78 is 1.75. The minimum absolute atomic E-state index is 0.0550. The van der Waals surface area contributed by atoms with Crippen molar-refractivity contribution in [3.05, 3.63) is 28.5 Å². The van der Waals surface area contributed by atoms with Gasteiger partial charge in [-0.3, -0.25) is 9.48 Å². The zero-order chi connectivity index (χ0) is 15.6. The van der Waals surface area contributed by atoms with Gasteiger partial charge >= 0.3 is 0 Å². The normalized spacial score (nSPS) is 12.2. The number of thiazole rings is 1. The van der Waals surface area contributed by atoms with E-state index >= 15 is 0 Å². The lowest BCUT2D eigenvalue weighted by Crippen LogP contribution is -2.31.